The van der Waals surface area contributed by atoms with Crippen LogP contribution in [0, 0.1) is 0 Å². The van der Waals surface area contributed by atoms with Gasteiger partial charge in [-0.05, 0) is 43.2 Å². The van der Waals surface area contributed by atoms with E-state index in [1.807, 2.05) is 6.07 Å². The van der Waals surface area contributed by atoms with Crippen LogP contribution in [0.5, 0.6) is 0 Å². The molecule has 0 spiro atoms. The van der Waals surface area contributed by atoms with Crippen molar-refractivity contribution in [2.45, 2.75) is 4.90 Å². The maximum atomic E-state index is 4.45. The molecule has 1 saturated heterocycles. The molecule has 16 heavy (non-hydrogen) atoms. The minimum Gasteiger partial charge on any atom is -0.298 e. The van der Waals surface area contributed by atoms with Gasteiger partial charge in [0.1, 0.15) is 0 Å². The van der Waals surface area contributed by atoms with E-state index in [2.05, 4.69) is 59.6 Å². The summed E-state index contributed by atoms with van der Waals surface area (Å²) in [6, 6.07) is 8.60. The molecule has 0 aliphatic carbocycles. The van der Waals surface area contributed by atoms with Crippen molar-refractivity contribution < 1.29 is 0 Å². The van der Waals surface area contributed by atoms with Gasteiger partial charge in [-0.15, -0.1) is 12.6 Å². The van der Waals surface area contributed by atoms with Crippen molar-refractivity contribution in [3.05, 3.63) is 24.3 Å². The van der Waals surface area contributed by atoms with Crippen LogP contribution < -0.4 is 3.71 Å². The smallest absolute Gasteiger partial charge is 0.0568 e. The Kier molecular flexibility index (Phi) is 3.19. The van der Waals surface area contributed by atoms with Gasteiger partial charge in [-0.1, -0.05) is 6.07 Å². The molecule has 1 aliphatic rings. The molecule has 0 atom stereocenters. The van der Waals surface area contributed by atoms with Crippen molar-refractivity contribution in [2.24, 2.45) is 0 Å². The molecule has 0 N–H and O–H groups in total. The second kappa shape index (κ2) is 4.07. The summed E-state index contributed by atoms with van der Waals surface area (Å²) in [6.07, 6.45) is 9.72. The predicted molar refractivity (Wildman–Crippen MR) is 84.8 cm³/mol. The van der Waals surface area contributed by atoms with E-state index in [0.717, 1.165) is 4.90 Å². The Morgan fingerprint density at radius 1 is 1.06 bits per heavy atom. The lowest BCUT2D eigenvalue weighted by Gasteiger charge is -2.48. The van der Waals surface area contributed by atoms with E-state index in [0.29, 0.717) is 0 Å². The quantitative estimate of drug-likeness (QED) is 0.764. The zero-order valence-electron chi connectivity index (χ0n) is 10.4. The van der Waals surface area contributed by atoms with Gasteiger partial charge in [0.05, 0.1) is 5.69 Å². The van der Waals surface area contributed by atoms with Crippen LogP contribution in [0.1, 0.15) is 0 Å². The summed E-state index contributed by atoms with van der Waals surface area (Å²) in [5, 5.41) is 0. The molecule has 0 aromatic heterocycles. The first-order valence-electron chi connectivity index (χ1n) is 5.34. The third-order valence-corrected chi connectivity index (χ3v) is 10.6. The Labute approximate surface area is 108 Å². The summed E-state index contributed by atoms with van der Waals surface area (Å²) >= 11 is 4.45. The van der Waals surface area contributed by atoms with Crippen LogP contribution in [-0.4, -0.2) is 36.5 Å². The van der Waals surface area contributed by atoms with E-state index < -0.39 is 20.4 Å². The van der Waals surface area contributed by atoms with Gasteiger partial charge in [0.15, 0.2) is 0 Å². The molecule has 1 heterocycles. The van der Waals surface area contributed by atoms with Gasteiger partial charge in [0.25, 0.3) is 0 Å². The van der Waals surface area contributed by atoms with Gasteiger partial charge in [0.2, 0.25) is 0 Å². The molecule has 1 aromatic carbocycles. The van der Waals surface area contributed by atoms with Gasteiger partial charge >= 0.3 is 0 Å². The zero-order valence-corrected chi connectivity index (χ0v) is 13.0. The molecule has 0 saturated carbocycles. The van der Waals surface area contributed by atoms with Crippen molar-refractivity contribution in [1.82, 2.24) is 0 Å². The highest BCUT2D eigenvalue weighted by Crippen LogP contribution is 2.68. The van der Waals surface area contributed by atoms with Crippen LogP contribution in [0.3, 0.4) is 0 Å². The number of thiol groups is 1. The van der Waals surface area contributed by atoms with Gasteiger partial charge in [-0.2, -0.15) is 20.4 Å². The average Bonchev–Trinajstić information content (AvgIpc) is 2.35. The molecule has 1 nitrogen and oxygen atoms in total. The first kappa shape index (κ1) is 12.5. The highest BCUT2D eigenvalue weighted by Gasteiger charge is 2.38. The summed E-state index contributed by atoms with van der Waals surface area (Å²) < 4.78 is 2.71. The Balaban J connectivity index is 2.45. The fourth-order valence-electron chi connectivity index (χ4n) is 2.30. The lowest BCUT2D eigenvalue weighted by molar-refractivity contribution is 1.44. The monoisotopic (exact) mass is 275 g/mol. The molecule has 1 aliphatic heterocycles. The van der Waals surface area contributed by atoms with Gasteiger partial charge in [-0.3, -0.25) is 3.71 Å². The Bertz CT molecular complexity index is 385. The van der Waals surface area contributed by atoms with E-state index in [1.54, 1.807) is 0 Å². The third kappa shape index (κ3) is 2.20. The molecule has 0 bridgehead atoms. The molecule has 0 unspecified atom stereocenters. The van der Waals surface area contributed by atoms with Crippen LogP contribution in [0.15, 0.2) is 29.2 Å². The second-order valence-corrected chi connectivity index (χ2v) is 13.4. The number of anilines is 1. The van der Waals surface area contributed by atoms with Crippen molar-refractivity contribution >= 4 is 38.7 Å². The second-order valence-electron chi connectivity index (χ2n) is 5.14. The minimum absolute atomic E-state index is 0.628. The highest BCUT2D eigenvalue weighted by atomic mass is 32.3. The molecule has 4 heteroatoms. The molecule has 92 valence electrons. The van der Waals surface area contributed by atoms with Gasteiger partial charge < -0.3 is 0 Å². The van der Waals surface area contributed by atoms with E-state index >= 15 is 0 Å². The number of rotatable bonds is 1. The van der Waals surface area contributed by atoms with Gasteiger partial charge in [0, 0.05) is 16.4 Å². The number of hydrogen-bond acceptors (Lipinski definition) is 2. The van der Waals surface area contributed by atoms with Crippen molar-refractivity contribution in [2.75, 3.05) is 40.2 Å². The Morgan fingerprint density at radius 3 is 2.12 bits per heavy atom. The Morgan fingerprint density at radius 2 is 1.62 bits per heavy atom. The van der Waals surface area contributed by atoms with Crippen LogP contribution >= 0.6 is 33.1 Å². The summed E-state index contributed by atoms with van der Waals surface area (Å²) in [6.45, 7) is 0. The van der Waals surface area contributed by atoms with Crippen LogP contribution in [0.25, 0.3) is 0 Å². The SMILES string of the molecule is CS1(C)CCS(C)(C)N1c1cccc(S)c1. The fourth-order valence-corrected chi connectivity index (χ4v) is 12.3. The molecule has 0 radical (unpaired) electrons. The Hall–Kier alpha value is 0.0700. The fraction of sp³-hybridized carbons (Fsp3) is 0.500. The van der Waals surface area contributed by atoms with Crippen LogP contribution in [0.2, 0.25) is 0 Å². The molecular weight excluding hydrogens is 254 g/mol. The maximum absolute atomic E-state index is 4.45. The summed E-state index contributed by atoms with van der Waals surface area (Å²) in [4.78, 5) is 1.06. The van der Waals surface area contributed by atoms with Crippen LogP contribution in [-0.2, 0) is 0 Å². The van der Waals surface area contributed by atoms with Crippen molar-refractivity contribution in [3.63, 3.8) is 0 Å². The minimum atomic E-state index is -0.628. The summed E-state index contributed by atoms with van der Waals surface area (Å²) in [5.41, 5.74) is 1.37. The van der Waals surface area contributed by atoms with Crippen LogP contribution in [0.4, 0.5) is 5.69 Å². The normalized spacial score (nSPS) is 26.4. The number of hydrogen-bond donors (Lipinski definition) is 1. The molecule has 0 amide bonds. The summed E-state index contributed by atoms with van der Waals surface area (Å²) in [7, 11) is -1.26. The van der Waals surface area contributed by atoms with E-state index in [-0.39, 0.29) is 0 Å². The highest BCUT2D eigenvalue weighted by molar-refractivity contribution is 8.52. The van der Waals surface area contributed by atoms with Gasteiger partial charge in [-0.25, -0.2) is 0 Å². The zero-order chi connectivity index (χ0) is 12.0. The third-order valence-electron chi connectivity index (χ3n) is 3.02. The largest absolute Gasteiger partial charge is 0.298 e. The molecule has 1 fully saturated rings. The lowest BCUT2D eigenvalue weighted by Crippen LogP contribution is -2.23. The first-order chi connectivity index (χ1) is 7.33. The molecule has 2 rings (SSSR count). The standard InChI is InChI=1S/C12H21NS3/c1-15(2)8-9-16(3,4)13(15)11-6-5-7-12(14)10-11/h5-7,10,14H,8-9H2,1-4H3. The van der Waals surface area contributed by atoms with E-state index in [1.165, 1.54) is 17.2 Å². The molecule has 1 aromatic rings. The van der Waals surface area contributed by atoms with E-state index in [4.69, 9.17) is 0 Å². The average molecular weight is 276 g/mol. The van der Waals surface area contributed by atoms with Crippen molar-refractivity contribution in [3.8, 4) is 0 Å². The summed E-state index contributed by atoms with van der Waals surface area (Å²) in [5.74, 6) is 2.73. The first-order valence-corrected chi connectivity index (χ1v) is 10.9. The van der Waals surface area contributed by atoms with E-state index in [9.17, 15) is 0 Å². The number of benzene rings is 1. The lowest BCUT2D eigenvalue weighted by atomic mass is 10.3. The van der Waals surface area contributed by atoms with Crippen molar-refractivity contribution in [1.29, 1.82) is 0 Å². The predicted octanol–water partition coefficient (Wildman–Crippen LogP) is 3.75. The number of nitrogens with zero attached hydrogens (tertiary/aromatic N) is 1. The molecular formula is C12H21NS3. The maximum Gasteiger partial charge on any atom is 0.0568 e. The topological polar surface area (TPSA) is 3.24 Å².